The highest BCUT2D eigenvalue weighted by Crippen LogP contribution is 2.94. The van der Waals surface area contributed by atoms with Gasteiger partial charge in [0, 0.05) is 35.9 Å². The van der Waals surface area contributed by atoms with Crippen molar-refractivity contribution in [3.05, 3.63) is 0 Å². The van der Waals surface area contributed by atoms with Gasteiger partial charge >= 0.3 is 0 Å². The zero-order valence-corrected chi connectivity index (χ0v) is 11.6. The Bertz CT molecular complexity index is 363. The summed E-state index contributed by atoms with van der Waals surface area (Å²) in [5.74, 6) is 0. The minimum atomic E-state index is 0.521. The highest BCUT2D eigenvalue weighted by atomic mass is 16.5. The smallest absolute Gasteiger partial charge is 0.0696 e. The Morgan fingerprint density at radius 3 is 1.28 bits per heavy atom. The van der Waals surface area contributed by atoms with Gasteiger partial charge in [0.25, 0.3) is 0 Å². The Balaban J connectivity index is 1.70. The predicted octanol–water partition coefficient (Wildman–Crippen LogP) is 3.15. The molecule has 0 bridgehead atoms. The molecule has 0 heterocycles. The standard InChI is InChI=1S/C16H24O2/c1-17-11-13-5-3-7-15(13,9-13)12(18-2)16-8-4-6-14(11,16)10-16/h11-12H,3-10H2,1-2H3/t11?,12?,13-,14-,15-,16+/m0/s1. The second kappa shape index (κ2) is 2.69. The van der Waals surface area contributed by atoms with E-state index < -0.39 is 0 Å². The zero-order valence-electron chi connectivity index (χ0n) is 11.6. The molecule has 5 fully saturated rings. The molecule has 0 spiro atoms. The highest BCUT2D eigenvalue weighted by Gasteiger charge is 2.93. The predicted molar refractivity (Wildman–Crippen MR) is 68.3 cm³/mol. The van der Waals surface area contributed by atoms with Crippen molar-refractivity contribution in [3.8, 4) is 0 Å². The SMILES string of the molecule is COC1[C@@]23CCC[C@]2(C3)C(OC)[C@]23CCC[C@]12C3. The lowest BCUT2D eigenvalue weighted by molar-refractivity contribution is -0.124. The number of ether oxygens (including phenoxy) is 2. The van der Waals surface area contributed by atoms with Gasteiger partial charge in [-0.2, -0.15) is 0 Å². The molecule has 100 valence electrons. The molecule has 18 heavy (non-hydrogen) atoms. The van der Waals surface area contributed by atoms with Crippen molar-refractivity contribution in [1.29, 1.82) is 0 Å². The van der Waals surface area contributed by atoms with Crippen molar-refractivity contribution in [2.24, 2.45) is 21.7 Å². The third-order valence-corrected chi connectivity index (χ3v) is 7.97. The molecular weight excluding hydrogens is 224 g/mol. The van der Waals surface area contributed by atoms with Gasteiger partial charge in [-0.1, -0.05) is 12.8 Å². The molecule has 5 rings (SSSR count). The summed E-state index contributed by atoms with van der Waals surface area (Å²) in [4.78, 5) is 0. The lowest BCUT2D eigenvalue weighted by Crippen LogP contribution is -2.50. The largest absolute Gasteiger partial charge is 0.380 e. The summed E-state index contributed by atoms with van der Waals surface area (Å²) in [5, 5.41) is 0. The van der Waals surface area contributed by atoms with E-state index in [0.717, 1.165) is 0 Å². The molecule has 2 unspecified atom stereocenters. The molecule has 0 aliphatic heterocycles. The summed E-state index contributed by atoms with van der Waals surface area (Å²) < 4.78 is 12.3. The molecule has 5 saturated carbocycles. The van der Waals surface area contributed by atoms with Crippen LogP contribution in [-0.2, 0) is 9.47 Å². The molecule has 0 amide bonds. The minimum Gasteiger partial charge on any atom is -0.380 e. The van der Waals surface area contributed by atoms with E-state index >= 15 is 0 Å². The zero-order chi connectivity index (χ0) is 12.2. The van der Waals surface area contributed by atoms with Crippen LogP contribution < -0.4 is 0 Å². The Hall–Kier alpha value is -0.0800. The van der Waals surface area contributed by atoms with Crippen LogP contribution in [0.15, 0.2) is 0 Å². The number of rotatable bonds is 2. The molecular formula is C16H24O2. The molecule has 6 atom stereocenters. The van der Waals surface area contributed by atoms with Crippen LogP contribution in [0.2, 0.25) is 0 Å². The Morgan fingerprint density at radius 1 is 0.667 bits per heavy atom. The normalized spacial score (nSPS) is 67.0. The molecule has 0 N–H and O–H groups in total. The first-order valence-electron chi connectivity index (χ1n) is 7.77. The molecule has 5 aliphatic rings. The van der Waals surface area contributed by atoms with Gasteiger partial charge in [-0.25, -0.2) is 0 Å². The number of methoxy groups -OCH3 is 2. The summed E-state index contributed by atoms with van der Waals surface area (Å²) >= 11 is 0. The Kier molecular flexibility index (Phi) is 1.60. The van der Waals surface area contributed by atoms with Gasteiger partial charge in [0.2, 0.25) is 0 Å². The van der Waals surface area contributed by atoms with Gasteiger partial charge in [0.15, 0.2) is 0 Å². The fourth-order valence-corrected chi connectivity index (χ4v) is 7.72. The summed E-state index contributed by atoms with van der Waals surface area (Å²) in [6, 6.07) is 0. The Morgan fingerprint density at radius 2 is 1.00 bits per heavy atom. The van der Waals surface area contributed by atoms with Crippen LogP contribution in [0.5, 0.6) is 0 Å². The maximum atomic E-state index is 6.14. The molecule has 0 radical (unpaired) electrons. The van der Waals surface area contributed by atoms with Crippen LogP contribution in [0.3, 0.4) is 0 Å². The molecule has 5 aliphatic carbocycles. The van der Waals surface area contributed by atoms with Crippen LogP contribution in [0.25, 0.3) is 0 Å². The number of hydrogen-bond acceptors (Lipinski definition) is 2. The molecule has 0 saturated heterocycles. The third-order valence-electron chi connectivity index (χ3n) is 7.97. The maximum Gasteiger partial charge on any atom is 0.0696 e. The molecule has 0 aromatic heterocycles. The van der Waals surface area contributed by atoms with Crippen molar-refractivity contribution < 1.29 is 9.47 Å². The fraction of sp³-hybridized carbons (Fsp3) is 1.00. The van der Waals surface area contributed by atoms with Gasteiger partial charge in [0.05, 0.1) is 12.2 Å². The van der Waals surface area contributed by atoms with Gasteiger partial charge in [0.1, 0.15) is 0 Å². The lowest BCUT2D eigenvalue weighted by Gasteiger charge is -2.45. The van der Waals surface area contributed by atoms with Crippen LogP contribution in [0, 0.1) is 21.7 Å². The topological polar surface area (TPSA) is 18.5 Å². The molecule has 0 aromatic rings. The first kappa shape index (κ1) is 10.7. The summed E-state index contributed by atoms with van der Waals surface area (Å²) in [6.07, 6.45) is 12.4. The van der Waals surface area contributed by atoms with E-state index in [1.54, 1.807) is 0 Å². The lowest BCUT2D eigenvalue weighted by atomic mass is 9.67. The van der Waals surface area contributed by atoms with E-state index in [2.05, 4.69) is 0 Å². The molecule has 2 nitrogen and oxygen atoms in total. The van der Waals surface area contributed by atoms with E-state index in [4.69, 9.17) is 9.47 Å². The summed E-state index contributed by atoms with van der Waals surface area (Å²) in [5.41, 5.74) is 2.08. The van der Waals surface area contributed by atoms with Crippen LogP contribution >= 0.6 is 0 Å². The first-order valence-corrected chi connectivity index (χ1v) is 7.77. The summed E-state index contributed by atoms with van der Waals surface area (Å²) in [7, 11) is 3.95. The number of hydrogen-bond donors (Lipinski definition) is 0. The van der Waals surface area contributed by atoms with Gasteiger partial charge in [-0.3, -0.25) is 0 Å². The van der Waals surface area contributed by atoms with Crippen molar-refractivity contribution in [3.63, 3.8) is 0 Å². The average molecular weight is 248 g/mol. The van der Waals surface area contributed by atoms with Crippen LogP contribution in [0.1, 0.15) is 51.4 Å². The van der Waals surface area contributed by atoms with Crippen molar-refractivity contribution in [2.75, 3.05) is 14.2 Å². The molecule has 0 aromatic carbocycles. The van der Waals surface area contributed by atoms with E-state index in [0.29, 0.717) is 33.9 Å². The van der Waals surface area contributed by atoms with Crippen LogP contribution in [-0.4, -0.2) is 26.4 Å². The van der Waals surface area contributed by atoms with E-state index in [-0.39, 0.29) is 0 Å². The van der Waals surface area contributed by atoms with Gasteiger partial charge in [-0.15, -0.1) is 0 Å². The van der Waals surface area contributed by atoms with Gasteiger partial charge in [-0.05, 0) is 38.5 Å². The Labute approximate surface area is 109 Å². The highest BCUT2D eigenvalue weighted by molar-refractivity contribution is 5.41. The van der Waals surface area contributed by atoms with Gasteiger partial charge < -0.3 is 9.47 Å². The average Bonchev–Trinajstić information content (AvgIpc) is 3.08. The fourth-order valence-electron chi connectivity index (χ4n) is 7.72. The van der Waals surface area contributed by atoms with Crippen LogP contribution in [0.4, 0.5) is 0 Å². The molecule has 2 heteroatoms. The quantitative estimate of drug-likeness (QED) is 0.747. The monoisotopic (exact) mass is 248 g/mol. The van der Waals surface area contributed by atoms with E-state index in [1.807, 2.05) is 14.2 Å². The van der Waals surface area contributed by atoms with Crippen molar-refractivity contribution in [2.45, 2.75) is 63.6 Å². The first-order chi connectivity index (χ1) is 8.71. The van der Waals surface area contributed by atoms with E-state index in [9.17, 15) is 0 Å². The second-order valence-electron chi connectivity index (χ2n) is 7.92. The minimum absolute atomic E-state index is 0.521. The van der Waals surface area contributed by atoms with Crippen molar-refractivity contribution >= 4 is 0 Å². The summed E-state index contributed by atoms with van der Waals surface area (Å²) in [6.45, 7) is 0. The van der Waals surface area contributed by atoms with E-state index in [1.165, 1.54) is 51.4 Å². The van der Waals surface area contributed by atoms with Crippen molar-refractivity contribution in [1.82, 2.24) is 0 Å². The second-order valence-corrected chi connectivity index (χ2v) is 7.92. The third kappa shape index (κ3) is 0.725. The maximum absolute atomic E-state index is 6.14.